The van der Waals surface area contributed by atoms with E-state index >= 15 is 0 Å². The van der Waals surface area contributed by atoms with Crippen LogP contribution in [0.4, 0.5) is 0 Å². The Kier molecular flexibility index (Phi) is 7.07. The van der Waals surface area contributed by atoms with Crippen LogP contribution in [-0.4, -0.2) is 24.4 Å². The van der Waals surface area contributed by atoms with Crippen molar-refractivity contribution in [3.63, 3.8) is 0 Å². The second-order valence-corrected chi connectivity index (χ2v) is 6.59. The van der Waals surface area contributed by atoms with Crippen molar-refractivity contribution in [3.8, 4) is 0 Å². The summed E-state index contributed by atoms with van der Waals surface area (Å²) in [4.78, 5) is 11.0. The number of hydrogen-bond acceptors (Lipinski definition) is 5. The molecule has 0 spiro atoms. The lowest BCUT2D eigenvalue weighted by Crippen LogP contribution is -2.19. The van der Waals surface area contributed by atoms with Gasteiger partial charge < -0.3 is 10.1 Å². The molecule has 0 atom stereocenters. The molecule has 0 saturated heterocycles. The van der Waals surface area contributed by atoms with Gasteiger partial charge in [0.05, 0.1) is 12.3 Å². The molecular weight excluding hydrogens is 330 g/mol. The molecule has 0 saturated carbocycles. The average Bonchev–Trinajstić information content (AvgIpc) is 2.66. The van der Waals surface area contributed by atoms with Gasteiger partial charge in [-0.2, -0.15) is 0 Å². The van der Waals surface area contributed by atoms with E-state index < -0.39 is 0 Å². The number of aromatic nitrogens is 1. The number of rotatable bonds is 6. The highest BCUT2D eigenvalue weighted by Crippen LogP contribution is 2.33. The number of thioether (sulfide) groups is 1. The molecular formula is C20H25N3OS. The summed E-state index contributed by atoms with van der Waals surface area (Å²) in [6.45, 7) is 10.9. The Hall–Kier alpha value is -2.27. The minimum Gasteiger partial charge on any atom is -0.477 e. The van der Waals surface area contributed by atoms with Gasteiger partial charge in [-0.15, -0.1) is 0 Å². The highest BCUT2D eigenvalue weighted by molar-refractivity contribution is 8.12. The van der Waals surface area contributed by atoms with Gasteiger partial charge in [0, 0.05) is 41.2 Å². The maximum Gasteiger partial charge on any atom is 0.213 e. The summed E-state index contributed by atoms with van der Waals surface area (Å²) in [6.07, 6.45) is 8.61. The van der Waals surface area contributed by atoms with Crippen LogP contribution in [0.25, 0.3) is 4.91 Å². The molecule has 1 aromatic heterocycles. The molecule has 0 bridgehead atoms. The van der Waals surface area contributed by atoms with Crippen LogP contribution >= 0.6 is 11.8 Å². The first kappa shape index (κ1) is 19.1. The standard InChI is InChI=1S/C20H25N3OS/c1-6-16-10-12-24-20(21-5)19(16)23-14(3)18(7-2)25-15(4)17-9-8-11-22-13-17/h6-9,11,13,21H,4,10,12H2,1-3,5H3/b16-6-,18-7-,23-14?. The summed E-state index contributed by atoms with van der Waals surface area (Å²) < 4.78 is 5.71. The van der Waals surface area contributed by atoms with Crippen molar-refractivity contribution in [1.82, 2.24) is 10.3 Å². The van der Waals surface area contributed by atoms with Crippen LogP contribution in [0.2, 0.25) is 0 Å². The Balaban J connectivity index is 2.26. The Morgan fingerprint density at radius 2 is 2.24 bits per heavy atom. The zero-order valence-corrected chi connectivity index (χ0v) is 16.1. The average molecular weight is 356 g/mol. The first-order chi connectivity index (χ1) is 12.1. The lowest BCUT2D eigenvalue weighted by atomic mass is 10.1. The number of nitrogens with one attached hydrogen (secondary N) is 1. The van der Waals surface area contributed by atoms with E-state index in [1.807, 2.05) is 46.1 Å². The summed E-state index contributed by atoms with van der Waals surface area (Å²) in [6, 6.07) is 3.93. The summed E-state index contributed by atoms with van der Waals surface area (Å²) in [5.74, 6) is 0.727. The molecule has 1 aliphatic heterocycles. The minimum atomic E-state index is 0.678. The van der Waals surface area contributed by atoms with Gasteiger partial charge in [0.2, 0.25) is 5.88 Å². The number of ether oxygens (including phenoxy) is 1. The smallest absolute Gasteiger partial charge is 0.213 e. The second-order valence-electron chi connectivity index (χ2n) is 5.46. The molecule has 4 nitrogen and oxygen atoms in total. The van der Waals surface area contributed by atoms with Crippen molar-refractivity contribution >= 4 is 22.4 Å². The van der Waals surface area contributed by atoms with Crippen LogP contribution in [0.3, 0.4) is 0 Å². The predicted octanol–water partition coefficient (Wildman–Crippen LogP) is 4.91. The molecule has 1 N–H and O–H groups in total. The van der Waals surface area contributed by atoms with E-state index in [0.717, 1.165) is 39.1 Å². The first-order valence-electron chi connectivity index (χ1n) is 8.30. The predicted molar refractivity (Wildman–Crippen MR) is 108 cm³/mol. The van der Waals surface area contributed by atoms with Gasteiger partial charge in [-0.3, -0.25) is 4.98 Å². The van der Waals surface area contributed by atoms with Crippen molar-refractivity contribution in [3.05, 3.63) is 70.9 Å². The Morgan fingerprint density at radius 3 is 2.84 bits per heavy atom. The zero-order valence-electron chi connectivity index (χ0n) is 15.3. The van der Waals surface area contributed by atoms with Gasteiger partial charge in [0.1, 0.15) is 5.70 Å². The van der Waals surface area contributed by atoms with E-state index in [9.17, 15) is 0 Å². The fraction of sp³-hybridized carbons (Fsp3) is 0.300. The number of hydrogen-bond donors (Lipinski definition) is 1. The van der Waals surface area contributed by atoms with Gasteiger partial charge in [-0.25, -0.2) is 4.99 Å². The van der Waals surface area contributed by atoms with E-state index in [1.54, 1.807) is 18.0 Å². The van der Waals surface area contributed by atoms with Crippen LogP contribution in [0.15, 0.2) is 70.3 Å². The molecule has 0 radical (unpaired) electrons. The Labute approximate surface area is 154 Å². The van der Waals surface area contributed by atoms with E-state index in [4.69, 9.17) is 9.73 Å². The number of aliphatic imine (C=N–C) groups is 1. The van der Waals surface area contributed by atoms with E-state index in [0.29, 0.717) is 6.61 Å². The summed E-state index contributed by atoms with van der Waals surface area (Å²) >= 11 is 1.60. The minimum absolute atomic E-state index is 0.678. The summed E-state index contributed by atoms with van der Waals surface area (Å²) in [7, 11) is 1.86. The third kappa shape index (κ3) is 4.86. The fourth-order valence-corrected chi connectivity index (χ4v) is 3.29. The molecule has 132 valence electrons. The molecule has 0 aromatic carbocycles. The highest BCUT2D eigenvalue weighted by Gasteiger charge is 2.18. The van der Waals surface area contributed by atoms with Crippen molar-refractivity contribution in [2.45, 2.75) is 27.2 Å². The van der Waals surface area contributed by atoms with E-state index in [2.05, 4.69) is 29.0 Å². The van der Waals surface area contributed by atoms with Crippen molar-refractivity contribution in [1.29, 1.82) is 0 Å². The quantitative estimate of drug-likeness (QED) is 0.737. The van der Waals surface area contributed by atoms with Crippen molar-refractivity contribution < 1.29 is 4.74 Å². The van der Waals surface area contributed by atoms with Crippen LogP contribution in [0.1, 0.15) is 32.8 Å². The molecule has 5 heteroatoms. The van der Waals surface area contributed by atoms with Crippen molar-refractivity contribution in [2.75, 3.05) is 13.7 Å². The molecule has 2 heterocycles. The summed E-state index contributed by atoms with van der Waals surface area (Å²) in [5.41, 5.74) is 4.03. The summed E-state index contributed by atoms with van der Waals surface area (Å²) in [5, 5.41) is 3.10. The van der Waals surface area contributed by atoms with Crippen molar-refractivity contribution in [2.24, 2.45) is 4.99 Å². The topological polar surface area (TPSA) is 46.5 Å². The third-order valence-electron chi connectivity index (χ3n) is 3.83. The largest absolute Gasteiger partial charge is 0.477 e. The maximum absolute atomic E-state index is 5.71. The first-order valence-corrected chi connectivity index (χ1v) is 9.11. The van der Waals surface area contributed by atoms with Gasteiger partial charge >= 0.3 is 0 Å². The maximum atomic E-state index is 5.71. The van der Waals surface area contributed by atoms with Crippen LogP contribution in [0, 0.1) is 0 Å². The number of nitrogens with zero attached hydrogens (tertiary/aromatic N) is 2. The van der Waals surface area contributed by atoms with Gasteiger partial charge in [-0.05, 0) is 32.4 Å². The third-order valence-corrected chi connectivity index (χ3v) is 5.06. The lowest BCUT2D eigenvalue weighted by molar-refractivity contribution is 0.184. The number of allylic oxidation sites excluding steroid dienone is 4. The molecule has 0 fully saturated rings. The highest BCUT2D eigenvalue weighted by atomic mass is 32.2. The molecule has 25 heavy (non-hydrogen) atoms. The Bertz CT molecular complexity index is 745. The number of pyridine rings is 1. The molecule has 0 aliphatic carbocycles. The monoisotopic (exact) mass is 355 g/mol. The van der Waals surface area contributed by atoms with Gasteiger partial charge in [0.15, 0.2) is 0 Å². The SMILES string of the molecule is C=C(S/C(=C\C)C(C)=NC1=C(NC)OCC/C1=C/C)c1cccnc1. The molecule has 0 unspecified atom stereocenters. The van der Waals surface area contributed by atoms with Gasteiger partial charge in [-0.1, -0.05) is 36.6 Å². The lowest BCUT2D eigenvalue weighted by Gasteiger charge is -2.21. The van der Waals surface area contributed by atoms with Gasteiger partial charge in [0.25, 0.3) is 0 Å². The van der Waals surface area contributed by atoms with E-state index in [-0.39, 0.29) is 0 Å². The molecule has 0 amide bonds. The van der Waals surface area contributed by atoms with Crippen LogP contribution < -0.4 is 5.32 Å². The Morgan fingerprint density at radius 1 is 1.44 bits per heavy atom. The van der Waals surface area contributed by atoms with Crippen LogP contribution in [0.5, 0.6) is 0 Å². The molecule has 2 rings (SSSR count). The normalized spacial score (nSPS) is 17.5. The second kappa shape index (κ2) is 9.28. The van der Waals surface area contributed by atoms with Crippen LogP contribution in [-0.2, 0) is 4.74 Å². The molecule has 1 aliphatic rings. The zero-order chi connectivity index (χ0) is 18.2. The fourth-order valence-electron chi connectivity index (χ4n) is 2.47. The van der Waals surface area contributed by atoms with E-state index in [1.165, 1.54) is 5.57 Å². The molecule has 1 aromatic rings.